The second-order valence-corrected chi connectivity index (χ2v) is 4.89. The summed E-state index contributed by atoms with van der Waals surface area (Å²) in [7, 11) is 0. The lowest BCUT2D eigenvalue weighted by Crippen LogP contribution is -2.21. The number of benzene rings is 1. The van der Waals surface area contributed by atoms with Gasteiger partial charge in [0.15, 0.2) is 0 Å². The predicted octanol–water partition coefficient (Wildman–Crippen LogP) is 2.30. The molecular weight excluding hydrogens is 230 g/mol. The molecule has 0 bridgehead atoms. The Morgan fingerprint density at radius 3 is 2.78 bits per heavy atom. The Morgan fingerprint density at radius 2 is 2.17 bits per heavy atom. The number of carboxylic acid groups (broad SMARTS) is 1. The molecule has 1 aromatic rings. The first-order valence-corrected chi connectivity index (χ1v) is 6.18. The van der Waals surface area contributed by atoms with Gasteiger partial charge in [0.25, 0.3) is 0 Å². The SMILES string of the molecule is CC(C(=O)Nc1cccc(CC(=O)O)c1)C1CC1. The molecule has 1 amide bonds. The molecule has 1 atom stereocenters. The summed E-state index contributed by atoms with van der Waals surface area (Å²) in [4.78, 5) is 22.5. The van der Waals surface area contributed by atoms with Gasteiger partial charge >= 0.3 is 5.97 Å². The summed E-state index contributed by atoms with van der Waals surface area (Å²) >= 11 is 0. The maximum absolute atomic E-state index is 11.9. The Hall–Kier alpha value is -1.84. The molecule has 1 saturated carbocycles. The minimum Gasteiger partial charge on any atom is -0.481 e. The van der Waals surface area contributed by atoms with E-state index in [9.17, 15) is 9.59 Å². The van der Waals surface area contributed by atoms with E-state index in [2.05, 4.69) is 5.32 Å². The lowest BCUT2D eigenvalue weighted by Gasteiger charge is -2.11. The van der Waals surface area contributed by atoms with Crippen LogP contribution < -0.4 is 5.32 Å². The minimum absolute atomic E-state index is 0.0185. The summed E-state index contributed by atoms with van der Waals surface area (Å²) in [6, 6.07) is 7.00. The van der Waals surface area contributed by atoms with Crippen LogP contribution in [-0.2, 0) is 16.0 Å². The molecule has 0 radical (unpaired) electrons. The zero-order chi connectivity index (χ0) is 13.1. The summed E-state index contributed by atoms with van der Waals surface area (Å²) in [5.74, 6) is -0.296. The Labute approximate surface area is 106 Å². The zero-order valence-electron chi connectivity index (χ0n) is 10.3. The highest BCUT2D eigenvalue weighted by Crippen LogP contribution is 2.37. The van der Waals surface area contributed by atoms with Gasteiger partial charge in [-0.05, 0) is 36.5 Å². The van der Waals surface area contributed by atoms with E-state index in [0.717, 1.165) is 12.8 Å². The molecule has 1 fully saturated rings. The van der Waals surface area contributed by atoms with E-state index >= 15 is 0 Å². The number of nitrogens with one attached hydrogen (secondary N) is 1. The van der Waals surface area contributed by atoms with E-state index in [0.29, 0.717) is 17.2 Å². The van der Waals surface area contributed by atoms with Crippen molar-refractivity contribution in [2.24, 2.45) is 11.8 Å². The fraction of sp³-hybridized carbons (Fsp3) is 0.429. The van der Waals surface area contributed by atoms with Crippen LogP contribution in [0.4, 0.5) is 5.69 Å². The molecule has 0 aromatic heterocycles. The molecule has 4 heteroatoms. The van der Waals surface area contributed by atoms with Gasteiger partial charge in [0.2, 0.25) is 5.91 Å². The van der Waals surface area contributed by atoms with Crippen LogP contribution in [-0.4, -0.2) is 17.0 Å². The highest BCUT2D eigenvalue weighted by atomic mass is 16.4. The Morgan fingerprint density at radius 1 is 1.44 bits per heavy atom. The van der Waals surface area contributed by atoms with Crippen LogP contribution in [0.2, 0.25) is 0 Å². The molecule has 1 unspecified atom stereocenters. The number of carboxylic acids is 1. The topological polar surface area (TPSA) is 66.4 Å². The van der Waals surface area contributed by atoms with Crippen LogP contribution >= 0.6 is 0 Å². The fourth-order valence-corrected chi connectivity index (χ4v) is 2.00. The smallest absolute Gasteiger partial charge is 0.307 e. The Balaban J connectivity index is 1.99. The summed E-state index contributed by atoms with van der Waals surface area (Å²) in [5, 5.41) is 11.6. The van der Waals surface area contributed by atoms with Crippen LogP contribution in [0.5, 0.6) is 0 Å². The molecule has 0 spiro atoms. The van der Waals surface area contributed by atoms with E-state index in [1.807, 2.05) is 6.92 Å². The fourth-order valence-electron chi connectivity index (χ4n) is 2.00. The summed E-state index contributed by atoms with van der Waals surface area (Å²) in [6.07, 6.45) is 2.24. The van der Waals surface area contributed by atoms with Gasteiger partial charge in [0.1, 0.15) is 0 Å². The monoisotopic (exact) mass is 247 g/mol. The molecule has 0 aliphatic heterocycles. The number of amides is 1. The lowest BCUT2D eigenvalue weighted by atomic mass is 10.1. The molecule has 1 aliphatic carbocycles. The normalized spacial score (nSPS) is 16.1. The third-order valence-electron chi connectivity index (χ3n) is 3.29. The third-order valence-corrected chi connectivity index (χ3v) is 3.29. The van der Waals surface area contributed by atoms with Gasteiger partial charge in [0, 0.05) is 11.6 Å². The maximum atomic E-state index is 11.9. The summed E-state index contributed by atoms with van der Waals surface area (Å²) < 4.78 is 0. The molecule has 18 heavy (non-hydrogen) atoms. The molecule has 0 saturated heterocycles. The number of hydrogen-bond acceptors (Lipinski definition) is 2. The highest BCUT2D eigenvalue weighted by molar-refractivity contribution is 5.92. The molecule has 1 aliphatic rings. The number of carbonyl (C=O) groups excluding carboxylic acids is 1. The second kappa shape index (κ2) is 5.21. The van der Waals surface area contributed by atoms with E-state index in [4.69, 9.17) is 5.11 Å². The van der Waals surface area contributed by atoms with Crippen molar-refractivity contribution in [2.45, 2.75) is 26.2 Å². The van der Waals surface area contributed by atoms with Crippen molar-refractivity contribution in [2.75, 3.05) is 5.32 Å². The summed E-state index contributed by atoms with van der Waals surface area (Å²) in [6.45, 7) is 1.94. The van der Waals surface area contributed by atoms with Gasteiger partial charge in [-0.1, -0.05) is 19.1 Å². The van der Waals surface area contributed by atoms with Gasteiger partial charge in [-0.25, -0.2) is 0 Å². The standard InChI is InChI=1S/C14H17NO3/c1-9(11-5-6-11)14(18)15-12-4-2-3-10(7-12)8-13(16)17/h2-4,7,9,11H,5-6,8H2,1H3,(H,15,18)(H,16,17). The first kappa shape index (κ1) is 12.6. The minimum atomic E-state index is -0.871. The van der Waals surface area contributed by atoms with Crippen LogP contribution in [0.15, 0.2) is 24.3 Å². The molecule has 96 valence electrons. The number of anilines is 1. The first-order chi connectivity index (χ1) is 8.56. The quantitative estimate of drug-likeness (QED) is 0.839. The molecular formula is C14H17NO3. The van der Waals surface area contributed by atoms with Crippen molar-refractivity contribution in [3.63, 3.8) is 0 Å². The van der Waals surface area contributed by atoms with Crippen molar-refractivity contribution >= 4 is 17.6 Å². The Kier molecular flexibility index (Phi) is 3.65. The van der Waals surface area contributed by atoms with Crippen LogP contribution in [0.25, 0.3) is 0 Å². The third kappa shape index (κ3) is 3.32. The molecule has 4 nitrogen and oxygen atoms in total. The lowest BCUT2D eigenvalue weighted by molar-refractivity contribution is -0.136. The van der Waals surface area contributed by atoms with Crippen molar-refractivity contribution in [1.82, 2.24) is 0 Å². The predicted molar refractivity (Wildman–Crippen MR) is 68.3 cm³/mol. The van der Waals surface area contributed by atoms with Crippen LogP contribution in [0.3, 0.4) is 0 Å². The van der Waals surface area contributed by atoms with E-state index in [1.54, 1.807) is 24.3 Å². The van der Waals surface area contributed by atoms with Crippen molar-refractivity contribution in [3.8, 4) is 0 Å². The molecule has 2 rings (SSSR count). The van der Waals surface area contributed by atoms with E-state index < -0.39 is 5.97 Å². The first-order valence-electron chi connectivity index (χ1n) is 6.18. The number of carbonyl (C=O) groups is 2. The Bertz CT molecular complexity index is 466. The largest absolute Gasteiger partial charge is 0.481 e. The molecule has 0 heterocycles. The van der Waals surface area contributed by atoms with Gasteiger partial charge in [0.05, 0.1) is 6.42 Å². The van der Waals surface area contributed by atoms with Gasteiger partial charge in [-0.2, -0.15) is 0 Å². The average molecular weight is 247 g/mol. The van der Waals surface area contributed by atoms with Crippen molar-refractivity contribution in [1.29, 1.82) is 0 Å². The van der Waals surface area contributed by atoms with Gasteiger partial charge in [-0.3, -0.25) is 9.59 Å². The summed E-state index contributed by atoms with van der Waals surface area (Å²) in [5.41, 5.74) is 1.37. The molecule has 1 aromatic carbocycles. The molecule has 2 N–H and O–H groups in total. The van der Waals surface area contributed by atoms with Crippen molar-refractivity contribution < 1.29 is 14.7 Å². The zero-order valence-corrected chi connectivity index (χ0v) is 10.3. The maximum Gasteiger partial charge on any atom is 0.307 e. The van der Waals surface area contributed by atoms with Gasteiger partial charge in [-0.15, -0.1) is 0 Å². The van der Waals surface area contributed by atoms with Crippen LogP contribution in [0, 0.1) is 11.8 Å². The second-order valence-electron chi connectivity index (χ2n) is 4.89. The number of rotatable bonds is 5. The average Bonchev–Trinajstić information content (AvgIpc) is 3.11. The van der Waals surface area contributed by atoms with Crippen LogP contribution in [0.1, 0.15) is 25.3 Å². The van der Waals surface area contributed by atoms with E-state index in [1.165, 1.54) is 0 Å². The van der Waals surface area contributed by atoms with Gasteiger partial charge < -0.3 is 10.4 Å². The number of hydrogen-bond donors (Lipinski definition) is 2. The number of aliphatic carboxylic acids is 1. The van der Waals surface area contributed by atoms with E-state index in [-0.39, 0.29) is 18.2 Å². The van der Waals surface area contributed by atoms with Crippen molar-refractivity contribution in [3.05, 3.63) is 29.8 Å². The highest BCUT2D eigenvalue weighted by Gasteiger charge is 2.32.